The average molecular weight is 555 g/mol. The van der Waals surface area contributed by atoms with Gasteiger partial charge in [0.2, 0.25) is 10.0 Å². The third-order valence-corrected chi connectivity index (χ3v) is 10.8. The van der Waals surface area contributed by atoms with Crippen LogP contribution >= 0.6 is 10.6 Å². The maximum absolute atomic E-state index is 13.4. The average Bonchev–Trinajstić information content (AvgIpc) is 3.43. The molecule has 204 valence electrons. The van der Waals surface area contributed by atoms with Gasteiger partial charge in [0.1, 0.15) is 34.9 Å². The van der Waals surface area contributed by atoms with Gasteiger partial charge in [-0.3, -0.25) is 14.0 Å². The van der Waals surface area contributed by atoms with E-state index in [-0.39, 0.29) is 12.4 Å². The predicted octanol–water partition coefficient (Wildman–Crippen LogP) is 3.13. The molecule has 12 nitrogen and oxygen atoms in total. The lowest BCUT2D eigenvalue weighted by molar-refractivity contribution is 0.277. The topological polar surface area (TPSA) is 150 Å². The number of nitrogens with zero attached hydrogens (tertiary/aromatic N) is 5. The first-order valence-electron chi connectivity index (χ1n) is 11.9. The van der Waals surface area contributed by atoms with E-state index in [2.05, 4.69) is 19.9 Å². The maximum atomic E-state index is 13.4. The van der Waals surface area contributed by atoms with Crippen molar-refractivity contribution < 1.29 is 27.0 Å². The number of rotatable bonds is 9. The minimum absolute atomic E-state index is 0.0283. The van der Waals surface area contributed by atoms with E-state index in [0.29, 0.717) is 41.7 Å². The number of hydrogen-bond acceptors (Lipinski definition) is 11. The number of aromatic nitrogens is 2. The number of benzene rings is 1. The minimum atomic E-state index is -3.93. The number of ether oxygens (including phenoxy) is 2. The van der Waals surface area contributed by atoms with Gasteiger partial charge in [-0.15, -0.1) is 9.93 Å². The number of anilines is 1. The summed E-state index contributed by atoms with van der Waals surface area (Å²) in [6.45, 7) is 5.18. The zero-order valence-electron chi connectivity index (χ0n) is 21.5. The van der Waals surface area contributed by atoms with Crippen molar-refractivity contribution in [2.45, 2.75) is 50.0 Å². The number of hydrazine groups is 1. The smallest absolute Gasteiger partial charge is 0.233 e. The number of nitrogens with one attached hydrogen (secondary N) is 1. The molecule has 3 N–H and O–H groups in total. The number of sulfonamides is 1. The summed E-state index contributed by atoms with van der Waals surface area (Å²) < 4.78 is 59.4. The molecule has 1 aromatic carbocycles. The van der Waals surface area contributed by atoms with Crippen molar-refractivity contribution in [2.75, 3.05) is 31.5 Å². The van der Waals surface area contributed by atoms with Gasteiger partial charge < -0.3 is 9.47 Å². The molecule has 1 saturated heterocycles. The molecule has 0 radical (unpaired) electrons. The number of hydrogen-bond donors (Lipinski definition) is 3. The SMILES string of the molecule is COc1cccc(OC)c1N1CN(NS(=O)(=O)[C@@H](C)[C@H](C)c2ncc(C)cn2)N=C1C1CCCS1(O)O. The molecule has 3 heterocycles. The van der Waals surface area contributed by atoms with Crippen LogP contribution in [0.1, 0.15) is 44.0 Å². The largest absolute Gasteiger partial charge is 0.494 e. The third-order valence-electron chi connectivity index (χ3n) is 6.74. The van der Waals surface area contributed by atoms with Crippen molar-refractivity contribution >= 4 is 32.1 Å². The molecule has 2 aliphatic heterocycles. The molecular formula is C23H34N6O6S2. The minimum Gasteiger partial charge on any atom is -0.494 e. The molecule has 0 bridgehead atoms. The van der Waals surface area contributed by atoms with E-state index >= 15 is 0 Å². The lowest BCUT2D eigenvalue weighted by atomic mass is 10.1. The van der Waals surface area contributed by atoms with E-state index in [9.17, 15) is 17.5 Å². The Morgan fingerprint density at radius 3 is 2.30 bits per heavy atom. The number of aryl methyl sites for hydroxylation is 1. The van der Waals surface area contributed by atoms with E-state index in [4.69, 9.17) is 9.47 Å². The highest BCUT2D eigenvalue weighted by molar-refractivity contribution is 8.25. The molecule has 1 aromatic heterocycles. The first-order chi connectivity index (χ1) is 17.5. The van der Waals surface area contributed by atoms with Gasteiger partial charge in [0.25, 0.3) is 0 Å². The van der Waals surface area contributed by atoms with Crippen LogP contribution in [0, 0.1) is 6.92 Å². The summed E-state index contributed by atoms with van der Waals surface area (Å²) in [7, 11) is -3.86. The summed E-state index contributed by atoms with van der Waals surface area (Å²) >= 11 is 0. The highest BCUT2D eigenvalue weighted by Crippen LogP contribution is 2.54. The fraction of sp³-hybridized carbons (Fsp3) is 0.522. The Morgan fingerprint density at radius 2 is 1.76 bits per heavy atom. The first kappa shape index (κ1) is 27.4. The molecule has 4 rings (SSSR count). The molecule has 2 aliphatic rings. The zero-order valence-corrected chi connectivity index (χ0v) is 23.2. The van der Waals surface area contributed by atoms with Crippen LogP contribution in [0.4, 0.5) is 5.69 Å². The fourth-order valence-electron chi connectivity index (χ4n) is 4.44. The normalized spacial score (nSPS) is 21.9. The van der Waals surface area contributed by atoms with Crippen molar-refractivity contribution in [3.8, 4) is 11.5 Å². The van der Waals surface area contributed by atoms with Crippen molar-refractivity contribution in [1.29, 1.82) is 0 Å². The standard InChI is InChI=1S/C23H34N6O6S2/c1-15-12-24-22(25-13-15)16(2)17(3)37(32,33)27-29-14-28(21-18(34-4)8-6-9-19(21)35-5)23(26-29)20-10-7-11-36(20,30)31/h6,8-9,12-13,16-17,20,27,30-31H,7,10-11,14H2,1-5H3/t16-,17-,20?/m0/s1. The van der Waals surface area contributed by atoms with Gasteiger partial charge >= 0.3 is 0 Å². The molecule has 3 atom stereocenters. The Bertz CT molecular complexity index is 1230. The van der Waals surface area contributed by atoms with Crippen LogP contribution in [0.25, 0.3) is 0 Å². The second-order valence-electron chi connectivity index (χ2n) is 9.24. The summed E-state index contributed by atoms with van der Waals surface area (Å²) in [4.78, 5) is 12.8. The summed E-state index contributed by atoms with van der Waals surface area (Å²) in [6, 6.07) is 5.27. The molecule has 0 amide bonds. The van der Waals surface area contributed by atoms with Crippen molar-refractivity contribution in [1.82, 2.24) is 19.9 Å². The van der Waals surface area contributed by atoms with E-state index < -0.39 is 37.0 Å². The monoisotopic (exact) mass is 554 g/mol. The van der Waals surface area contributed by atoms with Gasteiger partial charge in [-0.2, -0.15) is 15.7 Å². The van der Waals surface area contributed by atoms with Gasteiger partial charge in [0, 0.05) is 24.1 Å². The summed E-state index contributed by atoms with van der Waals surface area (Å²) in [5.41, 5.74) is 1.40. The van der Waals surface area contributed by atoms with Crippen molar-refractivity contribution in [3.63, 3.8) is 0 Å². The van der Waals surface area contributed by atoms with Crippen LogP contribution in [-0.2, 0) is 10.0 Å². The molecule has 1 fully saturated rings. The van der Waals surface area contributed by atoms with E-state index in [1.165, 1.54) is 19.3 Å². The van der Waals surface area contributed by atoms with Gasteiger partial charge in [0.15, 0.2) is 5.84 Å². The lowest BCUT2D eigenvalue weighted by Gasteiger charge is -2.36. The van der Waals surface area contributed by atoms with Crippen LogP contribution in [0.3, 0.4) is 0 Å². The molecule has 0 aliphatic carbocycles. The Morgan fingerprint density at radius 1 is 1.14 bits per heavy atom. The molecule has 2 aromatic rings. The van der Waals surface area contributed by atoms with Gasteiger partial charge in [-0.05, 0) is 44.4 Å². The number of methoxy groups -OCH3 is 2. The van der Waals surface area contributed by atoms with Crippen LogP contribution in [0.5, 0.6) is 11.5 Å². The summed E-state index contributed by atoms with van der Waals surface area (Å²) in [5, 5.41) is 4.19. The van der Waals surface area contributed by atoms with E-state index in [1.54, 1.807) is 49.3 Å². The van der Waals surface area contributed by atoms with Gasteiger partial charge in [-0.1, -0.05) is 13.0 Å². The molecule has 0 spiro atoms. The van der Waals surface area contributed by atoms with Gasteiger partial charge in [-0.25, -0.2) is 18.4 Å². The molecular weight excluding hydrogens is 520 g/mol. The van der Waals surface area contributed by atoms with Crippen LogP contribution < -0.4 is 19.2 Å². The second kappa shape index (κ2) is 10.6. The summed E-state index contributed by atoms with van der Waals surface area (Å²) in [5.74, 6) is 1.50. The summed E-state index contributed by atoms with van der Waals surface area (Å²) in [6.07, 6.45) is 4.44. The number of para-hydroxylation sites is 1. The molecule has 37 heavy (non-hydrogen) atoms. The Kier molecular flexibility index (Phi) is 7.85. The van der Waals surface area contributed by atoms with Crippen molar-refractivity contribution in [3.05, 3.63) is 42.0 Å². The maximum Gasteiger partial charge on any atom is 0.233 e. The quantitative estimate of drug-likeness (QED) is 0.422. The predicted molar refractivity (Wildman–Crippen MR) is 144 cm³/mol. The zero-order chi connectivity index (χ0) is 27.0. The second-order valence-corrected chi connectivity index (χ2v) is 13.7. The third kappa shape index (κ3) is 5.48. The molecule has 1 unspecified atom stereocenters. The van der Waals surface area contributed by atoms with Crippen molar-refractivity contribution in [2.24, 2.45) is 5.10 Å². The first-order valence-corrected chi connectivity index (χ1v) is 15.2. The van der Waals surface area contributed by atoms with E-state index in [0.717, 1.165) is 5.56 Å². The molecule has 0 saturated carbocycles. The Hall–Kier alpha value is -2.65. The number of hydrazone groups is 1. The molecule has 14 heteroatoms. The van der Waals surface area contributed by atoms with Crippen LogP contribution in [0.2, 0.25) is 0 Å². The van der Waals surface area contributed by atoms with Crippen LogP contribution in [0.15, 0.2) is 35.7 Å². The fourth-order valence-corrected chi connectivity index (χ4v) is 7.59. The van der Waals surface area contributed by atoms with Crippen LogP contribution in [-0.4, -0.2) is 75.6 Å². The number of amidine groups is 1. The lowest BCUT2D eigenvalue weighted by Crippen LogP contribution is -2.46. The Labute approximate surface area is 219 Å². The van der Waals surface area contributed by atoms with Gasteiger partial charge in [0.05, 0.1) is 19.5 Å². The highest BCUT2D eigenvalue weighted by atomic mass is 32.3. The van der Waals surface area contributed by atoms with E-state index in [1.807, 2.05) is 6.92 Å². The Balaban J connectivity index is 1.66. The highest BCUT2D eigenvalue weighted by Gasteiger charge is 2.44.